The van der Waals surface area contributed by atoms with Crippen LogP contribution in [0.15, 0.2) is 18.5 Å². The summed E-state index contributed by atoms with van der Waals surface area (Å²) in [6, 6.07) is 3.71. The standard InChI is InChI=1S/C16H23N5O4S/c1-20(26(17,22)23)5-4-11-8-21(9-11)16-12-6-14(24-2)15(25-3)7-13(12)18-10-19-16/h6-7,10-11H,4-5,8-9H2,1-3H3,(H2,17,22,23). The highest BCUT2D eigenvalue weighted by molar-refractivity contribution is 7.86. The van der Waals surface area contributed by atoms with Gasteiger partial charge in [-0.25, -0.2) is 15.1 Å². The molecule has 1 aromatic carbocycles. The van der Waals surface area contributed by atoms with Crippen molar-refractivity contribution in [3.05, 3.63) is 18.5 Å². The third kappa shape index (κ3) is 3.67. The highest BCUT2D eigenvalue weighted by Gasteiger charge is 2.30. The summed E-state index contributed by atoms with van der Waals surface area (Å²) in [7, 11) is 1.05. The fourth-order valence-electron chi connectivity index (χ4n) is 3.04. The lowest BCUT2D eigenvalue weighted by Crippen LogP contribution is -2.48. The van der Waals surface area contributed by atoms with E-state index in [1.54, 1.807) is 14.2 Å². The SMILES string of the molecule is COc1cc2ncnc(N3CC(CCN(C)S(N)(=O)=O)C3)c2cc1OC. The summed E-state index contributed by atoms with van der Waals surface area (Å²) in [6.45, 7) is 2.02. The Kier molecular flexibility index (Phi) is 5.17. The normalized spacial score (nSPS) is 15.3. The lowest BCUT2D eigenvalue weighted by atomic mass is 9.96. The number of hydrogen-bond donors (Lipinski definition) is 1. The molecule has 0 saturated carbocycles. The van der Waals surface area contributed by atoms with Crippen LogP contribution in [0.4, 0.5) is 5.82 Å². The number of benzene rings is 1. The first-order chi connectivity index (χ1) is 12.3. The Morgan fingerprint density at radius 1 is 1.23 bits per heavy atom. The van der Waals surface area contributed by atoms with E-state index in [4.69, 9.17) is 14.6 Å². The van der Waals surface area contributed by atoms with E-state index in [0.29, 0.717) is 24.0 Å². The molecule has 26 heavy (non-hydrogen) atoms. The molecule has 1 aliphatic heterocycles. The van der Waals surface area contributed by atoms with Crippen LogP contribution in [-0.2, 0) is 10.2 Å². The van der Waals surface area contributed by atoms with E-state index in [1.807, 2.05) is 12.1 Å². The second kappa shape index (κ2) is 7.22. The van der Waals surface area contributed by atoms with Crippen LogP contribution in [0.25, 0.3) is 10.9 Å². The first kappa shape index (κ1) is 18.6. The van der Waals surface area contributed by atoms with Gasteiger partial charge in [0.15, 0.2) is 11.5 Å². The van der Waals surface area contributed by atoms with E-state index in [0.717, 1.165) is 36.2 Å². The second-order valence-corrected chi connectivity index (χ2v) is 8.00. The van der Waals surface area contributed by atoms with Crippen LogP contribution < -0.4 is 19.5 Å². The number of anilines is 1. The Morgan fingerprint density at radius 3 is 2.50 bits per heavy atom. The van der Waals surface area contributed by atoms with Crippen molar-refractivity contribution in [2.24, 2.45) is 11.1 Å². The zero-order valence-corrected chi connectivity index (χ0v) is 15.9. The van der Waals surface area contributed by atoms with E-state index in [-0.39, 0.29) is 0 Å². The van der Waals surface area contributed by atoms with Crippen molar-refractivity contribution in [3.63, 3.8) is 0 Å². The summed E-state index contributed by atoms with van der Waals surface area (Å²) >= 11 is 0. The van der Waals surface area contributed by atoms with Crippen LogP contribution >= 0.6 is 0 Å². The Labute approximate surface area is 152 Å². The molecule has 1 aliphatic rings. The van der Waals surface area contributed by atoms with Gasteiger partial charge in [-0.05, 0) is 18.4 Å². The number of rotatable bonds is 7. The molecule has 2 aromatic rings. The van der Waals surface area contributed by atoms with Gasteiger partial charge in [0.1, 0.15) is 12.1 Å². The number of nitrogens with zero attached hydrogens (tertiary/aromatic N) is 4. The van der Waals surface area contributed by atoms with Gasteiger partial charge in [-0.15, -0.1) is 0 Å². The van der Waals surface area contributed by atoms with E-state index in [2.05, 4.69) is 14.9 Å². The molecule has 0 unspecified atom stereocenters. The van der Waals surface area contributed by atoms with Crippen molar-refractivity contribution in [1.29, 1.82) is 0 Å². The molecular formula is C16H23N5O4S. The minimum Gasteiger partial charge on any atom is -0.493 e. The van der Waals surface area contributed by atoms with E-state index < -0.39 is 10.2 Å². The van der Waals surface area contributed by atoms with Gasteiger partial charge in [-0.1, -0.05) is 0 Å². The molecule has 1 fully saturated rings. The fourth-order valence-corrected chi connectivity index (χ4v) is 3.40. The molecule has 142 valence electrons. The maximum Gasteiger partial charge on any atom is 0.276 e. The highest BCUT2D eigenvalue weighted by atomic mass is 32.2. The molecule has 1 aromatic heterocycles. The Balaban J connectivity index is 1.72. The van der Waals surface area contributed by atoms with Crippen LogP contribution in [0, 0.1) is 5.92 Å². The van der Waals surface area contributed by atoms with Gasteiger partial charge in [-0.2, -0.15) is 12.7 Å². The molecule has 10 heteroatoms. The van der Waals surface area contributed by atoms with E-state index in [9.17, 15) is 8.42 Å². The topological polar surface area (TPSA) is 111 Å². The third-order valence-electron chi connectivity index (χ3n) is 4.66. The van der Waals surface area contributed by atoms with Gasteiger partial charge in [0.05, 0.1) is 19.7 Å². The molecule has 0 bridgehead atoms. The lowest BCUT2D eigenvalue weighted by Gasteiger charge is -2.41. The van der Waals surface area contributed by atoms with Crippen molar-refractivity contribution < 1.29 is 17.9 Å². The van der Waals surface area contributed by atoms with Crippen molar-refractivity contribution in [1.82, 2.24) is 14.3 Å². The molecule has 0 radical (unpaired) electrons. The van der Waals surface area contributed by atoms with Crippen molar-refractivity contribution in [2.75, 3.05) is 45.8 Å². The third-order valence-corrected chi connectivity index (χ3v) is 5.71. The van der Waals surface area contributed by atoms with Crippen molar-refractivity contribution in [2.45, 2.75) is 6.42 Å². The number of ether oxygens (including phenoxy) is 2. The lowest BCUT2D eigenvalue weighted by molar-refractivity contribution is 0.343. The van der Waals surface area contributed by atoms with Crippen molar-refractivity contribution in [3.8, 4) is 11.5 Å². The molecule has 0 atom stereocenters. The number of aromatic nitrogens is 2. The molecule has 0 spiro atoms. The summed E-state index contributed by atoms with van der Waals surface area (Å²) in [5.74, 6) is 2.48. The molecular weight excluding hydrogens is 358 g/mol. The molecule has 9 nitrogen and oxygen atoms in total. The maximum atomic E-state index is 11.2. The van der Waals surface area contributed by atoms with E-state index in [1.165, 1.54) is 17.7 Å². The fraction of sp³-hybridized carbons (Fsp3) is 0.500. The van der Waals surface area contributed by atoms with Gasteiger partial charge in [0.25, 0.3) is 10.2 Å². The van der Waals surface area contributed by atoms with E-state index >= 15 is 0 Å². The summed E-state index contributed by atoms with van der Waals surface area (Å²) in [4.78, 5) is 10.9. The van der Waals surface area contributed by atoms with Crippen LogP contribution in [0.2, 0.25) is 0 Å². The predicted octanol–water partition coefficient (Wildman–Crippen LogP) is 0.609. The Morgan fingerprint density at radius 2 is 1.88 bits per heavy atom. The monoisotopic (exact) mass is 381 g/mol. The summed E-state index contributed by atoms with van der Waals surface area (Å²) < 4.78 is 34.4. The Hall–Kier alpha value is -2.17. The second-order valence-electron chi connectivity index (χ2n) is 6.35. The van der Waals surface area contributed by atoms with Crippen molar-refractivity contribution >= 4 is 26.9 Å². The first-order valence-electron chi connectivity index (χ1n) is 8.19. The van der Waals surface area contributed by atoms with Gasteiger partial charge in [0, 0.05) is 38.1 Å². The molecule has 1 saturated heterocycles. The van der Waals surface area contributed by atoms with Crippen LogP contribution in [0.3, 0.4) is 0 Å². The molecule has 0 aliphatic carbocycles. The number of fused-ring (bicyclic) bond motifs is 1. The number of methoxy groups -OCH3 is 2. The van der Waals surface area contributed by atoms with Gasteiger partial charge >= 0.3 is 0 Å². The molecule has 2 N–H and O–H groups in total. The molecule has 0 amide bonds. The highest BCUT2D eigenvalue weighted by Crippen LogP contribution is 2.36. The van der Waals surface area contributed by atoms with Crippen LogP contribution in [-0.4, -0.2) is 63.6 Å². The average molecular weight is 381 g/mol. The maximum absolute atomic E-state index is 11.2. The minimum atomic E-state index is -3.62. The van der Waals surface area contributed by atoms with Gasteiger partial charge < -0.3 is 14.4 Å². The largest absolute Gasteiger partial charge is 0.493 e. The molecule has 3 rings (SSSR count). The smallest absolute Gasteiger partial charge is 0.276 e. The zero-order valence-electron chi connectivity index (χ0n) is 15.0. The summed E-state index contributed by atoms with van der Waals surface area (Å²) in [6.07, 6.45) is 2.29. The van der Waals surface area contributed by atoms with Gasteiger partial charge in [-0.3, -0.25) is 0 Å². The minimum absolute atomic E-state index is 0.393. The zero-order chi connectivity index (χ0) is 18.9. The molecule has 2 heterocycles. The Bertz CT molecular complexity index is 899. The summed E-state index contributed by atoms with van der Waals surface area (Å²) in [5, 5.41) is 6.00. The first-order valence-corrected chi connectivity index (χ1v) is 9.69. The number of nitrogens with two attached hydrogens (primary N) is 1. The average Bonchev–Trinajstić information content (AvgIpc) is 2.58. The predicted molar refractivity (Wildman–Crippen MR) is 98.7 cm³/mol. The van der Waals surface area contributed by atoms with Gasteiger partial charge in [0.2, 0.25) is 0 Å². The van der Waals surface area contributed by atoms with Crippen LogP contribution in [0.1, 0.15) is 6.42 Å². The summed E-state index contributed by atoms with van der Waals surface area (Å²) in [5.41, 5.74) is 0.782. The number of hydrogen-bond acceptors (Lipinski definition) is 7. The quantitative estimate of drug-likeness (QED) is 0.748. The van der Waals surface area contributed by atoms with Crippen LogP contribution in [0.5, 0.6) is 11.5 Å².